The molecule has 2 amide bonds. The van der Waals surface area contributed by atoms with Crippen molar-refractivity contribution in [1.29, 1.82) is 0 Å². The summed E-state index contributed by atoms with van der Waals surface area (Å²) in [7, 11) is 1.59. The van der Waals surface area contributed by atoms with Gasteiger partial charge in [-0.3, -0.25) is 9.59 Å². The highest BCUT2D eigenvalue weighted by Crippen LogP contribution is 2.21. The number of likely N-dealkylation sites (tertiary alicyclic amines) is 1. The first kappa shape index (κ1) is 15.3. The lowest BCUT2D eigenvalue weighted by Crippen LogP contribution is -2.47. The zero-order valence-electron chi connectivity index (χ0n) is 12.0. The topological polar surface area (TPSA) is 78.9 Å². The van der Waals surface area contributed by atoms with E-state index >= 15 is 0 Å². The standard InChI is InChI=1S/C14H24N2O4/c1-20-7-6-16-9-10(8-13(16)18)14(19)15-11-4-2-3-5-12(11)17/h10-12,17H,2-9H2,1H3,(H,15,19)/t10?,11-,12-/m0/s1. The van der Waals surface area contributed by atoms with Gasteiger partial charge in [-0.1, -0.05) is 12.8 Å². The summed E-state index contributed by atoms with van der Waals surface area (Å²) in [5, 5.41) is 12.8. The van der Waals surface area contributed by atoms with Crippen molar-refractivity contribution < 1.29 is 19.4 Å². The molecule has 0 spiro atoms. The van der Waals surface area contributed by atoms with Crippen molar-refractivity contribution in [2.45, 2.75) is 44.2 Å². The highest BCUT2D eigenvalue weighted by Gasteiger charge is 2.35. The van der Waals surface area contributed by atoms with Gasteiger partial charge in [0, 0.05) is 26.6 Å². The Morgan fingerprint density at radius 3 is 2.90 bits per heavy atom. The van der Waals surface area contributed by atoms with Gasteiger partial charge in [0.25, 0.3) is 0 Å². The van der Waals surface area contributed by atoms with Gasteiger partial charge in [0.2, 0.25) is 11.8 Å². The number of rotatable bonds is 5. The normalized spacial score (nSPS) is 30.6. The highest BCUT2D eigenvalue weighted by molar-refractivity contribution is 5.89. The number of amides is 2. The summed E-state index contributed by atoms with van der Waals surface area (Å²) in [4.78, 5) is 25.7. The van der Waals surface area contributed by atoms with Crippen LogP contribution in [0, 0.1) is 5.92 Å². The Balaban J connectivity index is 1.82. The molecule has 3 atom stereocenters. The lowest BCUT2D eigenvalue weighted by Gasteiger charge is -2.29. The Kier molecular flexibility index (Phi) is 5.37. The van der Waals surface area contributed by atoms with Gasteiger partial charge >= 0.3 is 0 Å². The van der Waals surface area contributed by atoms with Crippen LogP contribution in [-0.4, -0.2) is 60.8 Å². The molecule has 2 fully saturated rings. The summed E-state index contributed by atoms with van der Waals surface area (Å²) in [5.74, 6) is -0.399. The first-order chi connectivity index (χ1) is 9.61. The molecule has 6 heteroatoms. The first-order valence-corrected chi connectivity index (χ1v) is 7.37. The van der Waals surface area contributed by atoms with E-state index in [1.807, 2.05) is 0 Å². The fourth-order valence-electron chi connectivity index (χ4n) is 2.95. The second-order valence-electron chi connectivity index (χ2n) is 5.70. The van der Waals surface area contributed by atoms with Crippen molar-refractivity contribution in [2.24, 2.45) is 5.92 Å². The molecule has 2 rings (SSSR count). The van der Waals surface area contributed by atoms with Crippen LogP contribution in [-0.2, 0) is 14.3 Å². The van der Waals surface area contributed by atoms with E-state index in [1.54, 1.807) is 12.0 Å². The number of nitrogens with zero attached hydrogens (tertiary/aromatic N) is 1. The van der Waals surface area contributed by atoms with Crippen LogP contribution in [0.15, 0.2) is 0 Å². The second-order valence-corrected chi connectivity index (χ2v) is 5.70. The maximum absolute atomic E-state index is 12.2. The van der Waals surface area contributed by atoms with Gasteiger partial charge in [-0.2, -0.15) is 0 Å². The van der Waals surface area contributed by atoms with Crippen molar-refractivity contribution in [2.75, 3.05) is 26.8 Å². The van der Waals surface area contributed by atoms with E-state index in [9.17, 15) is 14.7 Å². The molecule has 0 aromatic rings. The maximum atomic E-state index is 12.2. The van der Waals surface area contributed by atoms with Gasteiger partial charge in [0.1, 0.15) is 0 Å². The molecular formula is C14H24N2O4. The molecule has 6 nitrogen and oxygen atoms in total. The minimum atomic E-state index is -0.450. The van der Waals surface area contributed by atoms with Crippen LogP contribution >= 0.6 is 0 Å². The number of hydrogen-bond acceptors (Lipinski definition) is 4. The number of aliphatic hydroxyl groups is 1. The third-order valence-electron chi connectivity index (χ3n) is 4.21. The molecule has 0 radical (unpaired) electrons. The third kappa shape index (κ3) is 3.70. The Labute approximate surface area is 119 Å². The Bertz CT molecular complexity index is 361. The van der Waals surface area contributed by atoms with Gasteiger partial charge in [0.15, 0.2) is 0 Å². The van der Waals surface area contributed by atoms with E-state index < -0.39 is 6.10 Å². The van der Waals surface area contributed by atoms with E-state index in [-0.39, 0.29) is 30.2 Å². The average molecular weight is 284 g/mol. The number of ether oxygens (including phenoxy) is 1. The minimum absolute atomic E-state index is 0.00592. The summed E-state index contributed by atoms with van der Waals surface area (Å²) >= 11 is 0. The number of carbonyl (C=O) groups is 2. The van der Waals surface area contributed by atoms with Gasteiger partial charge in [-0.15, -0.1) is 0 Å². The van der Waals surface area contributed by atoms with Crippen LogP contribution in [0.2, 0.25) is 0 Å². The van der Waals surface area contributed by atoms with Crippen LogP contribution in [0.3, 0.4) is 0 Å². The third-order valence-corrected chi connectivity index (χ3v) is 4.21. The second kappa shape index (κ2) is 7.04. The SMILES string of the molecule is COCCN1CC(C(=O)N[C@H]2CCCC[C@@H]2O)CC1=O. The molecule has 2 N–H and O–H groups in total. The first-order valence-electron chi connectivity index (χ1n) is 7.37. The van der Waals surface area contributed by atoms with Gasteiger partial charge in [-0.25, -0.2) is 0 Å². The molecule has 114 valence electrons. The van der Waals surface area contributed by atoms with Crippen molar-refractivity contribution in [1.82, 2.24) is 10.2 Å². The van der Waals surface area contributed by atoms with Crippen molar-refractivity contribution in [3.05, 3.63) is 0 Å². The molecule has 2 aliphatic rings. The predicted molar refractivity (Wildman–Crippen MR) is 73.0 cm³/mol. The zero-order valence-corrected chi connectivity index (χ0v) is 12.0. The molecule has 1 heterocycles. The molecule has 1 unspecified atom stereocenters. The van der Waals surface area contributed by atoms with Crippen molar-refractivity contribution in [3.8, 4) is 0 Å². The summed E-state index contributed by atoms with van der Waals surface area (Å²) < 4.78 is 4.96. The van der Waals surface area contributed by atoms with Crippen LogP contribution in [0.5, 0.6) is 0 Å². The molecule has 1 saturated carbocycles. The molecular weight excluding hydrogens is 260 g/mol. The van der Waals surface area contributed by atoms with Gasteiger partial charge in [0.05, 0.1) is 24.7 Å². The fraction of sp³-hybridized carbons (Fsp3) is 0.857. The van der Waals surface area contributed by atoms with Crippen molar-refractivity contribution >= 4 is 11.8 Å². The van der Waals surface area contributed by atoms with E-state index in [4.69, 9.17) is 4.74 Å². The van der Waals surface area contributed by atoms with Gasteiger partial charge in [-0.05, 0) is 12.8 Å². The van der Waals surface area contributed by atoms with Crippen molar-refractivity contribution in [3.63, 3.8) is 0 Å². The van der Waals surface area contributed by atoms with Gasteiger partial charge < -0.3 is 20.1 Å². The highest BCUT2D eigenvalue weighted by atomic mass is 16.5. The number of aliphatic hydroxyl groups excluding tert-OH is 1. The van der Waals surface area contributed by atoms with Crippen LogP contribution in [0.4, 0.5) is 0 Å². The van der Waals surface area contributed by atoms with E-state index in [2.05, 4.69) is 5.32 Å². The quantitative estimate of drug-likeness (QED) is 0.739. The summed E-state index contributed by atoms with van der Waals surface area (Å²) in [6.45, 7) is 1.48. The molecule has 0 aromatic heterocycles. The minimum Gasteiger partial charge on any atom is -0.391 e. The smallest absolute Gasteiger partial charge is 0.225 e. The molecule has 0 aromatic carbocycles. The Morgan fingerprint density at radius 1 is 1.45 bits per heavy atom. The number of nitrogens with one attached hydrogen (secondary N) is 1. The van der Waals surface area contributed by atoms with Crippen LogP contribution in [0.25, 0.3) is 0 Å². The molecule has 20 heavy (non-hydrogen) atoms. The largest absolute Gasteiger partial charge is 0.391 e. The monoisotopic (exact) mass is 284 g/mol. The van der Waals surface area contributed by atoms with Crippen LogP contribution in [0.1, 0.15) is 32.1 Å². The lowest BCUT2D eigenvalue weighted by molar-refractivity contribution is -0.129. The number of hydrogen-bond donors (Lipinski definition) is 2. The fourth-order valence-corrected chi connectivity index (χ4v) is 2.95. The van der Waals surface area contributed by atoms with E-state index in [1.165, 1.54) is 0 Å². The van der Waals surface area contributed by atoms with Crippen LogP contribution < -0.4 is 5.32 Å². The average Bonchev–Trinajstić information content (AvgIpc) is 2.80. The number of methoxy groups -OCH3 is 1. The summed E-state index contributed by atoms with van der Waals surface area (Å²) in [6, 6.07) is -0.153. The molecule has 1 aliphatic carbocycles. The lowest BCUT2D eigenvalue weighted by atomic mass is 9.92. The Hall–Kier alpha value is -1.14. The van der Waals surface area contributed by atoms with E-state index in [0.29, 0.717) is 19.7 Å². The molecule has 1 saturated heterocycles. The Morgan fingerprint density at radius 2 is 2.20 bits per heavy atom. The van der Waals surface area contributed by atoms with E-state index in [0.717, 1.165) is 25.7 Å². The molecule has 1 aliphatic heterocycles. The zero-order chi connectivity index (χ0) is 14.5. The summed E-state index contributed by atoms with van der Waals surface area (Å²) in [5.41, 5.74) is 0. The molecule has 0 bridgehead atoms. The summed E-state index contributed by atoms with van der Waals surface area (Å²) in [6.07, 6.45) is 3.43. The predicted octanol–water partition coefficient (Wildman–Crippen LogP) is -0.0990. The maximum Gasteiger partial charge on any atom is 0.225 e. The number of carbonyl (C=O) groups excluding carboxylic acids is 2.